The summed E-state index contributed by atoms with van der Waals surface area (Å²) in [6, 6.07) is 16.9. The predicted molar refractivity (Wildman–Crippen MR) is 104 cm³/mol. The standard InChI is InChI=1S/C21H23N3O5/c1-25-16-9-7-15(8-10-16)12-26-19-17-13-28-21(29-17)18(23-24-22)20(19)27-11-14-5-3-2-4-6-14/h2-10,17-21H,11-13H2,1H3/t17-,18-,19-,20-,21-/m1/s1. The van der Waals surface area contributed by atoms with E-state index in [1.807, 2.05) is 54.6 Å². The van der Waals surface area contributed by atoms with Crippen LogP contribution in [0.2, 0.25) is 0 Å². The number of hydrogen-bond acceptors (Lipinski definition) is 6. The minimum atomic E-state index is -0.622. The Balaban J connectivity index is 1.49. The summed E-state index contributed by atoms with van der Waals surface area (Å²) in [5.41, 5.74) is 11.1. The Bertz CT molecular complexity index is 841. The van der Waals surface area contributed by atoms with Crippen LogP contribution in [0.25, 0.3) is 10.4 Å². The van der Waals surface area contributed by atoms with Gasteiger partial charge in [-0.15, -0.1) is 0 Å². The Morgan fingerprint density at radius 3 is 2.38 bits per heavy atom. The molecule has 2 aromatic rings. The van der Waals surface area contributed by atoms with Crippen molar-refractivity contribution in [2.75, 3.05) is 13.7 Å². The summed E-state index contributed by atoms with van der Waals surface area (Å²) in [4.78, 5) is 2.97. The zero-order valence-electron chi connectivity index (χ0n) is 16.1. The first kappa shape index (κ1) is 19.7. The summed E-state index contributed by atoms with van der Waals surface area (Å²) in [6.07, 6.45) is -1.78. The Morgan fingerprint density at radius 1 is 1.00 bits per heavy atom. The van der Waals surface area contributed by atoms with Crippen LogP contribution in [0.3, 0.4) is 0 Å². The Hall–Kier alpha value is -2.61. The molecule has 8 nitrogen and oxygen atoms in total. The van der Waals surface area contributed by atoms with Crippen LogP contribution in [0.5, 0.6) is 5.75 Å². The zero-order valence-corrected chi connectivity index (χ0v) is 16.1. The molecule has 0 radical (unpaired) electrons. The summed E-state index contributed by atoms with van der Waals surface area (Å²) in [7, 11) is 1.63. The summed E-state index contributed by atoms with van der Waals surface area (Å²) in [5.74, 6) is 0.786. The molecule has 0 amide bonds. The van der Waals surface area contributed by atoms with Gasteiger partial charge >= 0.3 is 0 Å². The van der Waals surface area contributed by atoms with E-state index in [9.17, 15) is 0 Å². The lowest BCUT2D eigenvalue weighted by Gasteiger charge is -2.38. The average Bonchev–Trinajstić information content (AvgIpc) is 3.20. The van der Waals surface area contributed by atoms with E-state index in [1.165, 1.54) is 0 Å². The van der Waals surface area contributed by atoms with Crippen LogP contribution in [-0.2, 0) is 32.2 Å². The number of fused-ring (bicyclic) bond motifs is 2. The van der Waals surface area contributed by atoms with Gasteiger partial charge in [0.05, 0.1) is 26.9 Å². The maximum Gasteiger partial charge on any atom is 0.169 e. The van der Waals surface area contributed by atoms with Gasteiger partial charge in [0.25, 0.3) is 0 Å². The highest BCUT2D eigenvalue weighted by Crippen LogP contribution is 2.34. The highest BCUT2D eigenvalue weighted by Gasteiger charge is 2.51. The highest BCUT2D eigenvalue weighted by molar-refractivity contribution is 5.26. The van der Waals surface area contributed by atoms with Crippen molar-refractivity contribution in [3.05, 3.63) is 76.2 Å². The molecule has 2 aliphatic rings. The zero-order chi connectivity index (χ0) is 20.1. The molecule has 2 heterocycles. The normalized spacial score (nSPS) is 28.0. The molecule has 2 fully saturated rings. The summed E-state index contributed by atoms with van der Waals surface area (Å²) >= 11 is 0. The van der Waals surface area contributed by atoms with Crippen LogP contribution in [0.1, 0.15) is 11.1 Å². The Labute approximate surface area is 168 Å². The van der Waals surface area contributed by atoms with Gasteiger partial charge in [0, 0.05) is 4.91 Å². The van der Waals surface area contributed by atoms with E-state index in [2.05, 4.69) is 10.0 Å². The van der Waals surface area contributed by atoms with Crippen molar-refractivity contribution < 1.29 is 23.7 Å². The van der Waals surface area contributed by atoms with Crippen LogP contribution >= 0.6 is 0 Å². The van der Waals surface area contributed by atoms with Crippen LogP contribution in [0, 0.1) is 0 Å². The van der Waals surface area contributed by atoms with Gasteiger partial charge in [0.15, 0.2) is 6.29 Å². The first-order valence-electron chi connectivity index (χ1n) is 9.50. The largest absolute Gasteiger partial charge is 0.497 e. The predicted octanol–water partition coefficient (Wildman–Crippen LogP) is 3.60. The second-order valence-electron chi connectivity index (χ2n) is 6.96. The fraction of sp³-hybridized carbons (Fsp3) is 0.429. The van der Waals surface area contributed by atoms with E-state index in [1.54, 1.807) is 7.11 Å². The third-order valence-electron chi connectivity index (χ3n) is 5.11. The van der Waals surface area contributed by atoms with Gasteiger partial charge < -0.3 is 23.7 Å². The summed E-state index contributed by atoms with van der Waals surface area (Å²) < 4.78 is 29.1. The minimum absolute atomic E-state index is 0.274. The summed E-state index contributed by atoms with van der Waals surface area (Å²) in [6.45, 7) is 1.12. The van der Waals surface area contributed by atoms with E-state index in [0.717, 1.165) is 16.9 Å². The molecule has 5 atom stereocenters. The highest BCUT2D eigenvalue weighted by atomic mass is 16.7. The molecule has 29 heavy (non-hydrogen) atoms. The smallest absolute Gasteiger partial charge is 0.169 e. The van der Waals surface area contributed by atoms with Crippen molar-refractivity contribution in [3.8, 4) is 5.75 Å². The van der Waals surface area contributed by atoms with Gasteiger partial charge in [-0.3, -0.25) is 0 Å². The van der Waals surface area contributed by atoms with Crippen LogP contribution < -0.4 is 4.74 Å². The quantitative estimate of drug-likeness (QED) is 0.385. The van der Waals surface area contributed by atoms with E-state index in [-0.39, 0.29) is 6.10 Å². The molecule has 2 bridgehead atoms. The molecule has 0 aromatic heterocycles. The van der Waals surface area contributed by atoms with Crippen LogP contribution in [0.15, 0.2) is 59.7 Å². The maximum atomic E-state index is 9.03. The molecule has 0 N–H and O–H groups in total. The fourth-order valence-electron chi connectivity index (χ4n) is 3.61. The van der Waals surface area contributed by atoms with Gasteiger partial charge in [-0.1, -0.05) is 47.6 Å². The lowest BCUT2D eigenvalue weighted by molar-refractivity contribution is -0.211. The molecule has 0 saturated carbocycles. The molecule has 152 valence electrons. The van der Waals surface area contributed by atoms with Crippen molar-refractivity contribution in [3.63, 3.8) is 0 Å². The van der Waals surface area contributed by atoms with Crippen molar-refractivity contribution in [2.24, 2.45) is 5.11 Å². The third kappa shape index (κ3) is 4.53. The number of methoxy groups -OCH3 is 1. The summed E-state index contributed by atoms with van der Waals surface area (Å²) in [5, 5.41) is 3.89. The van der Waals surface area contributed by atoms with Crippen LogP contribution in [0.4, 0.5) is 0 Å². The molecule has 2 saturated heterocycles. The van der Waals surface area contributed by atoms with Gasteiger partial charge in [-0.2, -0.15) is 0 Å². The molecule has 8 heteroatoms. The third-order valence-corrected chi connectivity index (χ3v) is 5.11. The molecule has 0 spiro atoms. The Kier molecular flexibility index (Phi) is 6.29. The number of benzene rings is 2. The first-order valence-corrected chi connectivity index (χ1v) is 9.50. The molecule has 0 aliphatic carbocycles. The van der Waals surface area contributed by atoms with Gasteiger partial charge in [0.1, 0.15) is 30.1 Å². The van der Waals surface area contributed by atoms with Gasteiger partial charge in [0.2, 0.25) is 0 Å². The van der Waals surface area contributed by atoms with Crippen molar-refractivity contribution in [2.45, 2.75) is 43.9 Å². The van der Waals surface area contributed by atoms with Crippen molar-refractivity contribution in [1.82, 2.24) is 0 Å². The lowest BCUT2D eigenvalue weighted by Crippen LogP contribution is -2.55. The second kappa shape index (κ2) is 9.26. The SMILES string of the molecule is COc1ccc(CO[C@H]2[C@H](OCc3ccccc3)[C@@H](N=[N+]=[N-])[C@@H]3OC[C@H]2O3)cc1. The van der Waals surface area contributed by atoms with E-state index < -0.39 is 24.5 Å². The van der Waals surface area contributed by atoms with Crippen molar-refractivity contribution in [1.29, 1.82) is 0 Å². The van der Waals surface area contributed by atoms with E-state index in [0.29, 0.717) is 19.8 Å². The Morgan fingerprint density at radius 2 is 1.69 bits per heavy atom. The molecular formula is C21H23N3O5. The van der Waals surface area contributed by atoms with Gasteiger partial charge in [-0.05, 0) is 28.8 Å². The first-order chi connectivity index (χ1) is 14.3. The number of rotatable bonds is 8. The fourth-order valence-corrected chi connectivity index (χ4v) is 3.61. The van der Waals surface area contributed by atoms with Gasteiger partial charge in [-0.25, -0.2) is 0 Å². The average molecular weight is 397 g/mol. The van der Waals surface area contributed by atoms with Crippen LogP contribution in [-0.4, -0.2) is 44.4 Å². The molecule has 4 rings (SSSR count). The van der Waals surface area contributed by atoms with E-state index in [4.69, 9.17) is 29.2 Å². The monoisotopic (exact) mass is 397 g/mol. The number of azide groups is 1. The number of hydrogen-bond donors (Lipinski definition) is 0. The second-order valence-corrected chi connectivity index (χ2v) is 6.96. The molecular weight excluding hydrogens is 374 g/mol. The van der Waals surface area contributed by atoms with Crippen molar-refractivity contribution >= 4 is 0 Å². The van der Waals surface area contributed by atoms with E-state index >= 15 is 0 Å². The molecule has 0 unspecified atom stereocenters. The lowest BCUT2D eigenvalue weighted by atomic mass is 9.98. The molecule has 2 aromatic carbocycles. The number of ether oxygens (including phenoxy) is 5. The topological polar surface area (TPSA) is 94.9 Å². The number of nitrogens with zero attached hydrogens (tertiary/aromatic N) is 3. The molecule has 2 aliphatic heterocycles. The maximum absolute atomic E-state index is 9.03. The minimum Gasteiger partial charge on any atom is -0.497 e.